The number of aromatic nitrogens is 3. The second-order valence-corrected chi connectivity index (χ2v) is 8.05. The Bertz CT molecular complexity index is 905. The molecule has 9 heteroatoms. The summed E-state index contributed by atoms with van der Waals surface area (Å²) in [4.78, 5) is 38.2. The third-order valence-corrected chi connectivity index (χ3v) is 5.35. The number of thioether (sulfide) groups is 1. The van der Waals surface area contributed by atoms with Gasteiger partial charge in [0.2, 0.25) is 5.91 Å². The number of hydrogen-bond acceptors (Lipinski definition) is 7. The van der Waals surface area contributed by atoms with Gasteiger partial charge in [0.05, 0.1) is 24.1 Å². The average Bonchev–Trinajstić information content (AvgIpc) is 2.67. The highest BCUT2D eigenvalue weighted by Gasteiger charge is 2.23. The fourth-order valence-corrected chi connectivity index (χ4v) is 3.87. The molecule has 0 bridgehead atoms. The summed E-state index contributed by atoms with van der Waals surface area (Å²) in [5.74, 6) is 0.702. The van der Waals surface area contributed by atoms with Crippen LogP contribution in [-0.2, 0) is 16.0 Å². The number of rotatable bonds is 6. The Morgan fingerprint density at radius 3 is 2.66 bits per heavy atom. The maximum Gasteiger partial charge on any atom is 0.254 e. The SMILES string of the molecule is CSc1nc(C)c(CCC(=O)Nc2ccc(N3CC(C)OC(C)C3)nc2)c(=O)[nH]1. The molecule has 1 amide bonds. The predicted molar refractivity (Wildman–Crippen MR) is 115 cm³/mol. The van der Waals surface area contributed by atoms with Crippen molar-refractivity contribution in [1.82, 2.24) is 15.0 Å². The molecule has 3 rings (SSSR count). The van der Waals surface area contributed by atoms with Crippen molar-refractivity contribution in [1.29, 1.82) is 0 Å². The number of pyridine rings is 1. The Balaban J connectivity index is 1.57. The summed E-state index contributed by atoms with van der Waals surface area (Å²) >= 11 is 1.38. The van der Waals surface area contributed by atoms with Gasteiger partial charge in [0.1, 0.15) is 5.82 Å². The highest BCUT2D eigenvalue weighted by Crippen LogP contribution is 2.20. The molecule has 2 unspecified atom stereocenters. The number of anilines is 2. The number of nitrogens with zero attached hydrogens (tertiary/aromatic N) is 3. The minimum absolute atomic E-state index is 0.158. The lowest BCUT2D eigenvalue weighted by Gasteiger charge is -2.36. The third-order valence-electron chi connectivity index (χ3n) is 4.77. The quantitative estimate of drug-likeness (QED) is 0.550. The van der Waals surface area contributed by atoms with Crippen molar-refractivity contribution in [3.8, 4) is 0 Å². The van der Waals surface area contributed by atoms with Crippen LogP contribution >= 0.6 is 11.8 Å². The zero-order valence-corrected chi connectivity index (χ0v) is 18.0. The smallest absolute Gasteiger partial charge is 0.254 e. The lowest BCUT2D eigenvalue weighted by atomic mass is 10.1. The van der Waals surface area contributed by atoms with E-state index in [1.165, 1.54) is 11.8 Å². The van der Waals surface area contributed by atoms with Gasteiger partial charge in [-0.25, -0.2) is 9.97 Å². The largest absolute Gasteiger partial charge is 0.372 e. The highest BCUT2D eigenvalue weighted by molar-refractivity contribution is 7.98. The molecule has 0 aromatic carbocycles. The topological polar surface area (TPSA) is 100 Å². The fourth-order valence-electron chi connectivity index (χ4n) is 3.45. The lowest BCUT2D eigenvalue weighted by Crippen LogP contribution is -2.45. The number of ether oxygens (including phenoxy) is 1. The Hall–Kier alpha value is -2.39. The molecular formula is C20H27N5O3S. The van der Waals surface area contributed by atoms with Crippen molar-refractivity contribution in [2.45, 2.75) is 51.0 Å². The molecule has 1 aliphatic heterocycles. The molecule has 3 heterocycles. The van der Waals surface area contributed by atoms with Crippen molar-refractivity contribution >= 4 is 29.2 Å². The predicted octanol–water partition coefficient (Wildman–Crippen LogP) is 2.38. The van der Waals surface area contributed by atoms with E-state index in [1.807, 2.05) is 32.2 Å². The van der Waals surface area contributed by atoms with Crippen molar-refractivity contribution in [3.63, 3.8) is 0 Å². The maximum atomic E-state index is 12.3. The first-order chi connectivity index (χ1) is 13.9. The number of carbonyl (C=O) groups is 1. The summed E-state index contributed by atoms with van der Waals surface area (Å²) in [6.45, 7) is 7.47. The van der Waals surface area contributed by atoms with Gasteiger partial charge in [-0.15, -0.1) is 0 Å². The molecule has 1 fully saturated rings. The number of aromatic amines is 1. The van der Waals surface area contributed by atoms with Gasteiger partial charge in [0.25, 0.3) is 5.56 Å². The second kappa shape index (κ2) is 9.41. The minimum atomic E-state index is -0.186. The summed E-state index contributed by atoms with van der Waals surface area (Å²) < 4.78 is 5.75. The van der Waals surface area contributed by atoms with E-state index in [9.17, 15) is 9.59 Å². The first kappa shape index (κ1) is 21.3. The standard InChI is InChI=1S/C20H27N5O3S/c1-12-10-25(11-13(2)28-12)17-7-5-15(9-21-17)23-18(26)8-6-16-14(3)22-20(29-4)24-19(16)27/h5,7,9,12-13H,6,8,10-11H2,1-4H3,(H,23,26)(H,22,24,27). The van der Waals surface area contributed by atoms with Gasteiger partial charge in [-0.2, -0.15) is 0 Å². The summed E-state index contributed by atoms with van der Waals surface area (Å²) in [7, 11) is 0. The highest BCUT2D eigenvalue weighted by atomic mass is 32.2. The van der Waals surface area contributed by atoms with Crippen LogP contribution in [-0.4, -0.2) is 52.4 Å². The Morgan fingerprint density at radius 1 is 1.34 bits per heavy atom. The van der Waals surface area contributed by atoms with Gasteiger partial charge >= 0.3 is 0 Å². The number of amides is 1. The van der Waals surface area contributed by atoms with Crippen molar-refractivity contribution in [2.24, 2.45) is 0 Å². The number of nitrogens with one attached hydrogen (secondary N) is 2. The van der Waals surface area contributed by atoms with E-state index in [0.717, 1.165) is 18.9 Å². The summed E-state index contributed by atoms with van der Waals surface area (Å²) in [5, 5.41) is 3.42. The zero-order valence-electron chi connectivity index (χ0n) is 17.2. The van der Waals surface area contributed by atoms with E-state index in [-0.39, 0.29) is 30.1 Å². The molecule has 1 aliphatic rings. The van der Waals surface area contributed by atoms with Crippen molar-refractivity contribution in [3.05, 3.63) is 39.9 Å². The van der Waals surface area contributed by atoms with Gasteiger partial charge in [0.15, 0.2) is 5.16 Å². The van der Waals surface area contributed by atoms with E-state index >= 15 is 0 Å². The summed E-state index contributed by atoms with van der Waals surface area (Å²) in [6, 6.07) is 3.75. The van der Waals surface area contributed by atoms with Crippen LogP contribution in [0.1, 0.15) is 31.5 Å². The van der Waals surface area contributed by atoms with E-state index in [0.29, 0.717) is 28.5 Å². The Kier molecular flexibility index (Phi) is 6.92. The Morgan fingerprint density at radius 2 is 2.07 bits per heavy atom. The lowest BCUT2D eigenvalue weighted by molar-refractivity contribution is -0.116. The molecule has 2 aromatic rings. The molecular weight excluding hydrogens is 390 g/mol. The minimum Gasteiger partial charge on any atom is -0.372 e. The first-order valence-corrected chi connectivity index (χ1v) is 10.9. The Labute approximate surface area is 174 Å². The normalized spacial score (nSPS) is 19.2. The molecule has 8 nitrogen and oxygen atoms in total. The van der Waals surface area contributed by atoms with E-state index < -0.39 is 0 Å². The van der Waals surface area contributed by atoms with Crippen LogP contribution in [0.15, 0.2) is 28.3 Å². The maximum absolute atomic E-state index is 12.3. The monoisotopic (exact) mass is 417 g/mol. The zero-order chi connectivity index (χ0) is 21.0. The van der Waals surface area contributed by atoms with Crippen molar-refractivity contribution < 1.29 is 9.53 Å². The molecule has 29 heavy (non-hydrogen) atoms. The van der Waals surface area contributed by atoms with Gasteiger partial charge in [-0.1, -0.05) is 11.8 Å². The first-order valence-electron chi connectivity index (χ1n) is 9.65. The number of carbonyl (C=O) groups excluding carboxylic acids is 1. The molecule has 2 atom stereocenters. The van der Waals surface area contributed by atoms with Crippen molar-refractivity contribution in [2.75, 3.05) is 29.6 Å². The molecule has 0 spiro atoms. The molecule has 0 radical (unpaired) electrons. The van der Waals surface area contributed by atoms with Gasteiger partial charge < -0.3 is 19.9 Å². The van der Waals surface area contributed by atoms with E-state index in [1.54, 1.807) is 13.1 Å². The number of hydrogen-bond donors (Lipinski definition) is 2. The van der Waals surface area contributed by atoms with Crippen LogP contribution < -0.4 is 15.8 Å². The van der Waals surface area contributed by atoms with Crippen LogP contribution in [0, 0.1) is 6.92 Å². The van der Waals surface area contributed by atoms with Crippen LogP contribution in [0.2, 0.25) is 0 Å². The number of aryl methyl sites for hydroxylation is 1. The molecule has 2 N–H and O–H groups in total. The van der Waals surface area contributed by atoms with Gasteiger partial charge in [-0.3, -0.25) is 9.59 Å². The number of H-pyrrole nitrogens is 1. The van der Waals surface area contributed by atoms with Crippen LogP contribution in [0.25, 0.3) is 0 Å². The van der Waals surface area contributed by atoms with Gasteiger partial charge in [0, 0.05) is 30.8 Å². The third kappa shape index (κ3) is 5.57. The second-order valence-electron chi connectivity index (χ2n) is 7.25. The molecule has 0 saturated carbocycles. The molecule has 0 aliphatic carbocycles. The van der Waals surface area contributed by atoms with Crippen LogP contribution in [0.4, 0.5) is 11.5 Å². The average molecular weight is 418 g/mol. The van der Waals surface area contributed by atoms with Crippen LogP contribution in [0.3, 0.4) is 0 Å². The number of morpholine rings is 1. The molecule has 2 aromatic heterocycles. The fraction of sp³-hybridized carbons (Fsp3) is 0.500. The molecule has 1 saturated heterocycles. The van der Waals surface area contributed by atoms with E-state index in [4.69, 9.17) is 4.74 Å². The summed E-state index contributed by atoms with van der Waals surface area (Å²) in [6.07, 6.45) is 4.36. The van der Waals surface area contributed by atoms with Gasteiger partial charge in [-0.05, 0) is 45.6 Å². The summed E-state index contributed by atoms with van der Waals surface area (Å²) in [5.41, 5.74) is 1.65. The molecule has 156 valence electrons. The van der Waals surface area contributed by atoms with E-state index in [2.05, 4.69) is 25.2 Å². The van der Waals surface area contributed by atoms with Crippen LogP contribution in [0.5, 0.6) is 0 Å².